The number of halogens is 3. The number of aryl methyl sites for hydroxylation is 1. The highest BCUT2D eigenvalue weighted by atomic mass is 19.4. The molecule has 0 radical (unpaired) electrons. The Bertz CT molecular complexity index is 280. The van der Waals surface area contributed by atoms with Crippen LogP contribution in [0.15, 0.2) is 12.3 Å². The Morgan fingerprint density at radius 1 is 1.36 bits per heavy atom. The van der Waals surface area contributed by atoms with Crippen LogP contribution in [0.5, 0.6) is 0 Å². The summed E-state index contributed by atoms with van der Waals surface area (Å²) >= 11 is 0. The van der Waals surface area contributed by atoms with Gasteiger partial charge in [-0.3, -0.25) is 4.68 Å². The molecule has 0 bridgehead atoms. The molecule has 0 aliphatic heterocycles. The van der Waals surface area contributed by atoms with Crippen molar-refractivity contribution in [2.45, 2.75) is 25.6 Å². The highest BCUT2D eigenvalue weighted by molar-refractivity contribution is 5.02. The van der Waals surface area contributed by atoms with E-state index in [4.69, 9.17) is 5.73 Å². The number of rotatable bonds is 4. The van der Waals surface area contributed by atoms with Gasteiger partial charge in [-0.15, -0.1) is 0 Å². The molecule has 0 spiro atoms. The predicted molar refractivity (Wildman–Crippen MR) is 45.5 cm³/mol. The largest absolute Gasteiger partial charge is 0.435 e. The van der Waals surface area contributed by atoms with Gasteiger partial charge in [0.15, 0.2) is 5.69 Å². The van der Waals surface area contributed by atoms with E-state index < -0.39 is 11.9 Å². The maximum absolute atomic E-state index is 12.1. The molecule has 0 saturated carbocycles. The van der Waals surface area contributed by atoms with E-state index in [0.29, 0.717) is 13.1 Å². The lowest BCUT2D eigenvalue weighted by Crippen LogP contribution is -2.08. The zero-order chi connectivity index (χ0) is 10.6. The predicted octanol–water partition coefficient (Wildman–Crippen LogP) is 1.64. The molecule has 0 atom stereocenters. The summed E-state index contributed by atoms with van der Waals surface area (Å²) in [5.74, 6) is 0. The molecule has 0 aromatic carbocycles. The molecule has 1 aromatic heterocycles. The molecular weight excluding hydrogens is 195 g/mol. The Kier molecular flexibility index (Phi) is 3.51. The third kappa shape index (κ3) is 3.02. The van der Waals surface area contributed by atoms with Crippen LogP contribution in [0.25, 0.3) is 0 Å². The van der Waals surface area contributed by atoms with Gasteiger partial charge in [-0.1, -0.05) is 0 Å². The fourth-order valence-electron chi connectivity index (χ4n) is 1.06. The van der Waals surface area contributed by atoms with E-state index in [1.165, 1.54) is 10.9 Å². The maximum atomic E-state index is 12.1. The lowest BCUT2D eigenvalue weighted by Gasteiger charge is -2.02. The summed E-state index contributed by atoms with van der Waals surface area (Å²) in [6.07, 6.45) is -1.48. The molecule has 0 saturated heterocycles. The average molecular weight is 207 g/mol. The number of alkyl halides is 3. The van der Waals surface area contributed by atoms with Crippen molar-refractivity contribution in [1.82, 2.24) is 9.78 Å². The monoisotopic (exact) mass is 207 g/mol. The highest BCUT2D eigenvalue weighted by Crippen LogP contribution is 2.27. The van der Waals surface area contributed by atoms with E-state index in [9.17, 15) is 13.2 Å². The molecule has 3 nitrogen and oxygen atoms in total. The first-order chi connectivity index (χ1) is 6.54. The topological polar surface area (TPSA) is 43.8 Å². The first-order valence-electron chi connectivity index (χ1n) is 4.35. The van der Waals surface area contributed by atoms with Crippen molar-refractivity contribution < 1.29 is 13.2 Å². The van der Waals surface area contributed by atoms with E-state index in [1.54, 1.807) is 0 Å². The number of unbranched alkanes of at least 4 members (excludes halogenated alkanes) is 1. The van der Waals surface area contributed by atoms with Crippen LogP contribution >= 0.6 is 0 Å². The van der Waals surface area contributed by atoms with Crippen molar-refractivity contribution in [3.05, 3.63) is 18.0 Å². The molecule has 0 unspecified atom stereocenters. The average Bonchev–Trinajstić information content (AvgIpc) is 2.52. The molecule has 0 amide bonds. The molecule has 6 heteroatoms. The Hall–Kier alpha value is -1.04. The standard InChI is InChI=1S/C8H12F3N3/c9-8(10,11)7-3-6-14(13-7)5-2-1-4-12/h3,6H,1-2,4-5,12H2. The van der Waals surface area contributed by atoms with Crippen molar-refractivity contribution >= 4 is 0 Å². The number of hydrogen-bond acceptors (Lipinski definition) is 2. The van der Waals surface area contributed by atoms with Crippen LogP contribution in [0.4, 0.5) is 13.2 Å². The molecule has 1 aromatic rings. The maximum Gasteiger partial charge on any atom is 0.435 e. The van der Waals surface area contributed by atoms with Gasteiger partial charge in [-0.25, -0.2) is 0 Å². The molecule has 1 rings (SSSR count). The molecular formula is C8H12F3N3. The fourth-order valence-corrected chi connectivity index (χ4v) is 1.06. The molecule has 2 N–H and O–H groups in total. The van der Waals surface area contributed by atoms with Gasteiger partial charge in [0.1, 0.15) is 0 Å². The van der Waals surface area contributed by atoms with Gasteiger partial charge in [0.05, 0.1) is 0 Å². The van der Waals surface area contributed by atoms with E-state index in [0.717, 1.165) is 18.9 Å². The number of nitrogens with two attached hydrogens (primary N) is 1. The van der Waals surface area contributed by atoms with E-state index >= 15 is 0 Å². The van der Waals surface area contributed by atoms with E-state index in [2.05, 4.69) is 5.10 Å². The minimum Gasteiger partial charge on any atom is -0.330 e. The Labute approximate surface area is 79.7 Å². The Balaban J connectivity index is 2.51. The van der Waals surface area contributed by atoms with Crippen LogP contribution in [0, 0.1) is 0 Å². The lowest BCUT2D eigenvalue weighted by atomic mass is 10.3. The van der Waals surface area contributed by atoms with Gasteiger partial charge in [0.2, 0.25) is 0 Å². The molecule has 80 valence electrons. The Morgan fingerprint density at radius 3 is 2.57 bits per heavy atom. The second kappa shape index (κ2) is 4.45. The van der Waals surface area contributed by atoms with Crippen molar-refractivity contribution in [3.63, 3.8) is 0 Å². The third-order valence-electron chi connectivity index (χ3n) is 1.77. The zero-order valence-electron chi connectivity index (χ0n) is 7.59. The summed E-state index contributed by atoms with van der Waals surface area (Å²) < 4.78 is 37.6. The fraction of sp³-hybridized carbons (Fsp3) is 0.625. The van der Waals surface area contributed by atoms with Gasteiger partial charge in [-0.2, -0.15) is 18.3 Å². The van der Waals surface area contributed by atoms with Crippen LogP contribution in [-0.4, -0.2) is 16.3 Å². The summed E-state index contributed by atoms with van der Waals surface area (Å²) in [5, 5.41) is 3.40. The van der Waals surface area contributed by atoms with Crippen LogP contribution in [-0.2, 0) is 12.7 Å². The number of aromatic nitrogens is 2. The second-order valence-corrected chi connectivity index (χ2v) is 2.96. The van der Waals surface area contributed by atoms with Gasteiger partial charge in [0.25, 0.3) is 0 Å². The zero-order valence-corrected chi connectivity index (χ0v) is 7.59. The molecule has 0 fully saturated rings. The highest BCUT2D eigenvalue weighted by Gasteiger charge is 2.33. The minimum atomic E-state index is -4.35. The van der Waals surface area contributed by atoms with Crippen LogP contribution < -0.4 is 5.73 Å². The molecule has 0 aliphatic carbocycles. The first kappa shape index (κ1) is 11.0. The molecule has 14 heavy (non-hydrogen) atoms. The Morgan fingerprint density at radius 2 is 2.07 bits per heavy atom. The molecule has 0 aliphatic rings. The molecule has 1 heterocycles. The summed E-state index contributed by atoms with van der Waals surface area (Å²) in [5.41, 5.74) is 4.42. The van der Waals surface area contributed by atoms with Gasteiger partial charge < -0.3 is 5.73 Å². The van der Waals surface area contributed by atoms with Crippen molar-refractivity contribution in [2.24, 2.45) is 5.73 Å². The number of nitrogens with zero attached hydrogens (tertiary/aromatic N) is 2. The van der Waals surface area contributed by atoms with Crippen LogP contribution in [0.3, 0.4) is 0 Å². The van der Waals surface area contributed by atoms with Crippen LogP contribution in [0.1, 0.15) is 18.5 Å². The van der Waals surface area contributed by atoms with Crippen molar-refractivity contribution in [2.75, 3.05) is 6.54 Å². The van der Waals surface area contributed by atoms with Crippen LogP contribution in [0.2, 0.25) is 0 Å². The first-order valence-corrected chi connectivity index (χ1v) is 4.35. The van der Waals surface area contributed by atoms with Gasteiger partial charge >= 0.3 is 6.18 Å². The quantitative estimate of drug-likeness (QED) is 0.763. The summed E-state index contributed by atoms with van der Waals surface area (Å²) in [6.45, 7) is 1.03. The van der Waals surface area contributed by atoms with Gasteiger partial charge in [-0.05, 0) is 25.5 Å². The van der Waals surface area contributed by atoms with Crippen molar-refractivity contribution in [3.8, 4) is 0 Å². The lowest BCUT2D eigenvalue weighted by molar-refractivity contribution is -0.141. The van der Waals surface area contributed by atoms with Gasteiger partial charge in [0, 0.05) is 12.7 Å². The third-order valence-corrected chi connectivity index (χ3v) is 1.77. The number of hydrogen-bond donors (Lipinski definition) is 1. The normalized spacial score (nSPS) is 12.0. The van der Waals surface area contributed by atoms with E-state index in [-0.39, 0.29) is 0 Å². The van der Waals surface area contributed by atoms with Crippen molar-refractivity contribution in [1.29, 1.82) is 0 Å². The second-order valence-electron chi connectivity index (χ2n) is 2.96. The summed E-state index contributed by atoms with van der Waals surface area (Å²) in [7, 11) is 0. The summed E-state index contributed by atoms with van der Waals surface area (Å²) in [6, 6.07) is 0.975. The summed E-state index contributed by atoms with van der Waals surface area (Å²) in [4.78, 5) is 0. The van der Waals surface area contributed by atoms with E-state index in [1.807, 2.05) is 0 Å². The minimum absolute atomic E-state index is 0.479. The SMILES string of the molecule is NCCCCn1ccc(C(F)(F)F)n1. The smallest absolute Gasteiger partial charge is 0.330 e.